The van der Waals surface area contributed by atoms with Crippen molar-refractivity contribution < 1.29 is 22.8 Å². The standard InChI is InChI=1S/C27H29F3N4O2/c1-17-4-7-21(18(2)12-17)25(36)34-16-26(14-23(34)24(35)32-3)8-10-33(11-9-26)20-6-5-19(15-31)22(13-20)27(28,29)30/h4-7,12-13,23H,8-11,14,16H2,1-3H3,(H,32,35). The molecule has 6 nitrogen and oxygen atoms in total. The number of anilines is 1. The zero-order chi connectivity index (χ0) is 26.3. The number of carbonyl (C=O) groups is 2. The Labute approximate surface area is 208 Å². The number of aryl methyl sites for hydroxylation is 2. The van der Waals surface area contributed by atoms with E-state index in [1.165, 1.54) is 6.07 Å². The molecule has 2 saturated heterocycles. The molecular formula is C27H29F3N4O2. The second kappa shape index (κ2) is 9.49. The SMILES string of the molecule is CNC(=O)C1CC2(CCN(c3ccc(C#N)c(C(F)(F)F)c3)CC2)CN1C(=O)c1ccc(C)cc1C. The van der Waals surface area contributed by atoms with Gasteiger partial charge < -0.3 is 15.1 Å². The van der Waals surface area contributed by atoms with Crippen molar-refractivity contribution in [1.29, 1.82) is 5.26 Å². The van der Waals surface area contributed by atoms with Gasteiger partial charge in [0.25, 0.3) is 5.91 Å². The Bertz CT molecular complexity index is 1230. The summed E-state index contributed by atoms with van der Waals surface area (Å²) in [5.41, 5.74) is 1.27. The van der Waals surface area contributed by atoms with Gasteiger partial charge in [-0.3, -0.25) is 9.59 Å². The number of nitriles is 1. The van der Waals surface area contributed by atoms with E-state index in [-0.39, 0.29) is 17.2 Å². The highest BCUT2D eigenvalue weighted by Gasteiger charge is 2.50. The molecule has 2 aromatic carbocycles. The molecule has 4 rings (SSSR count). The monoisotopic (exact) mass is 498 g/mol. The third kappa shape index (κ3) is 4.77. The highest BCUT2D eigenvalue weighted by Crippen LogP contribution is 2.45. The summed E-state index contributed by atoms with van der Waals surface area (Å²) in [6.45, 7) is 5.25. The maximum atomic E-state index is 13.5. The van der Waals surface area contributed by atoms with E-state index in [1.54, 1.807) is 30.1 Å². The summed E-state index contributed by atoms with van der Waals surface area (Å²) in [5.74, 6) is -0.392. The van der Waals surface area contributed by atoms with E-state index >= 15 is 0 Å². The number of nitrogens with zero attached hydrogens (tertiary/aromatic N) is 3. The Morgan fingerprint density at radius 2 is 1.81 bits per heavy atom. The predicted molar refractivity (Wildman–Crippen MR) is 129 cm³/mol. The van der Waals surface area contributed by atoms with E-state index in [2.05, 4.69) is 5.32 Å². The minimum Gasteiger partial charge on any atom is -0.371 e. The van der Waals surface area contributed by atoms with Gasteiger partial charge >= 0.3 is 6.18 Å². The number of hydrogen-bond acceptors (Lipinski definition) is 4. The number of likely N-dealkylation sites (N-methyl/N-ethyl adjacent to an activating group) is 1. The average molecular weight is 499 g/mol. The lowest BCUT2D eigenvalue weighted by atomic mass is 9.76. The molecule has 2 aliphatic rings. The molecule has 0 saturated carbocycles. The number of alkyl halides is 3. The van der Waals surface area contributed by atoms with Crippen molar-refractivity contribution >= 4 is 17.5 Å². The Morgan fingerprint density at radius 1 is 1.11 bits per heavy atom. The fraction of sp³-hybridized carbons (Fsp3) is 0.444. The van der Waals surface area contributed by atoms with Crippen LogP contribution in [0.5, 0.6) is 0 Å². The van der Waals surface area contributed by atoms with Gasteiger partial charge in [0.05, 0.1) is 17.2 Å². The Kier molecular flexibility index (Phi) is 6.74. The summed E-state index contributed by atoms with van der Waals surface area (Å²) in [4.78, 5) is 29.8. The summed E-state index contributed by atoms with van der Waals surface area (Å²) < 4.78 is 40.3. The van der Waals surface area contributed by atoms with Gasteiger partial charge in [-0.2, -0.15) is 18.4 Å². The van der Waals surface area contributed by atoms with E-state index in [9.17, 15) is 22.8 Å². The lowest BCUT2D eigenvalue weighted by Gasteiger charge is -2.40. The highest BCUT2D eigenvalue weighted by atomic mass is 19.4. The smallest absolute Gasteiger partial charge is 0.371 e. The molecule has 1 N–H and O–H groups in total. The largest absolute Gasteiger partial charge is 0.417 e. The molecule has 1 spiro atoms. The molecule has 0 aromatic heterocycles. The van der Waals surface area contributed by atoms with E-state index < -0.39 is 23.3 Å². The van der Waals surface area contributed by atoms with Crippen molar-refractivity contribution in [2.75, 3.05) is 31.6 Å². The quantitative estimate of drug-likeness (QED) is 0.679. The Morgan fingerprint density at radius 3 is 2.39 bits per heavy atom. The van der Waals surface area contributed by atoms with Gasteiger partial charge in [0.15, 0.2) is 0 Å². The molecule has 0 radical (unpaired) electrons. The lowest BCUT2D eigenvalue weighted by molar-refractivity contribution is -0.137. The average Bonchev–Trinajstić information content (AvgIpc) is 3.21. The second-order valence-electron chi connectivity index (χ2n) is 9.91. The normalized spacial score (nSPS) is 19.3. The molecule has 36 heavy (non-hydrogen) atoms. The second-order valence-corrected chi connectivity index (χ2v) is 9.91. The van der Waals surface area contributed by atoms with Gasteiger partial charge in [-0.25, -0.2) is 0 Å². The van der Waals surface area contributed by atoms with Crippen molar-refractivity contribution in [3.63, 3.8) is 0 Å². The topological polar surface area (TPSA) is 76.4 Å². The Balaban J connectivity index is 1.55. The van der Waals surface area contributed by atoms with Crippen molar-refractivity contribution in [3.8, 4) is 6.07 Å². The van der Waals surface area contributed by atoms with Crippen LogP contribution in [-0.4, -0.2) is 49.4 Å². The Hall–Kier alpha value is -3.54. The van der Waals surface area contributed by atoms with E-state index in [1.807, 2.05) is 30.9 Å². The number of benzene rings is 2. The van der Waals surface area contributed by atoms with Crippen molar-refractivity contribution in [2.45, 2.75) is 45.3 Å². The number of nitrogens with one attached hydrogen (secondary N) is 1. The minimum atomic E-state index is -4.61. The van der Waals surface area contributed by atoms with Gasteiger partial charge in [0.2, 0.25) is 5.91 Å². The first kappa shape index (κ1) is 25.5. The van der Waals surface area contributed by atoms with Crippen LogP contribution in [0.2, 0.25) is 0 Å². The number of rotatable bonds is 3. The molecule has 190 valence electrons. The molecule has 0 bridgehead atoms. The van der Waals surface area contributed by atoms with Crippen molar-refractivity contribution in [3.05, 3.63) is 64.2 Å². The maximum absolute atomic E-state index is 13.5. The van der Waals surface area contributed by atoms with Crippen LogP contribution in [0.1, 0.15) is 51.9 Å². The molecule has 2 amide bonds. The summed E-state index contributed by atoms with van der Waals surface area (Å²) in [5, 5.41) is 11.7. The number of piperidine rings is 1. The number of amides is 2. The third-order valence-corrected chi connectivity index (χ3v) is 7.55. The summed E-state index contributed by atoms with van der Waals surface area (Å²) in [6.07, 6.45) is -2.82. The number of carbonyl (C=O) groups excluding carboxylic acids is 2. The minimum absolute atomic E-state index is 0.178. The van der Waals surface area contributed by atoms with Crippen LogP contribution < -0.4 is 10.2 Å². The zero-order valence-corrected chi connectivity index (χ0v) is 20.6. The van der Waals surface area contributed by atoms with E-state index in [0.29, 0.717) is 50.1 Å². The van der Waals surface area contributed by atoms with Crippen LogP contribution in [0.3, 0.4) is 0 Å². The maximum Gasteiger partial charge on any atom is 0.417 e. The fourth-order valence-corrected chi connectivity index (χ4v) is 5.54. The van der Waals surface area contributed by atoms with Crippen molar-refractivity contribution in [1.82, 2.24) is 10.2 Å². The number of halogens is 3. The van der Waals surface area contributed by atoms with Gasteiger partial charge in [0.1, 0.15) is 6.04 Å². The molecule has 2 aliphatic heterocycles. The molecule has 0 aliphatic carbocycles. The van der Waals surface area contributed by atoms with Gasteiger partial charge in [-0.15, -0.1) is 0 Å². The highest BCUT2D eigenvalue weighted by molar-refractivity contribution is 5.99. The van der Waals surface area contributed by atoms with Crippen molar-refractivity contribution in [2.24, 2.45) is 5.41 Å². The summed E-state index contributed by atoms with van der Waals surface area (Å²) >= 11 is 0. The lowest BCUT2D eigenvalue weighted by Crippen LogP contribution is -2.45. The molecular weight excluding hydrogens is 469 g/mol. The van der Waals surface area contributed by atoms with Crippen LogP contribution in [-0.2, 0) is 11.0 Å². The summed E-state index contributed by atoms with van der Waals surface area (Å²) in [7, 11) is 1.55. The first-order valence-electron chi connectivity index (χ1n) is 11.9. The van der Waals surface area contributed by atoms with E-state index in [0.717, 1.165) is 17.2 Å². The molecule has 1 atom stereocenters. The molecule has 1 unspecified atom stereocenters. The first-order valence-corrected chi connectivity index (χ1v) is 11.9. The third-order valence-electron chi connectivity index (χ3n) is 7.55. The van der Waals surface area contributed by atoms with Crippen LogP contribution in [0.4, 0.5) is 18.9 Å². The first-order chi connectivity index (χ1) is 17.0. The van der Waals surface area contributed by atoms with Crippen LogP contribution in [0, 0.1) is 30.6 Å². The predicted octanol–water partition coefficient (Wildman–Crippen LogP) is 4.44. The van der Waals surface area contributed by atoms with Gasteiger partial charge in [-0.1, -0.05) is 17.7 Å². The molecule has 9 heteroatoms. The van der Waals surface area contributed by atoms with Gasteiger partial charge in [-0.05, 0) is 68.4 Å². The summed E-state index contributed by atoms with van der Waals surface area (Å²) in [6, 6.07) is 10.4. The molecule has 2 heterocycles. The van der Waals surface area contributed by atoms with Crippen LogP contribution in [0.15, 0.2) is 36.4 Å². The van der Waals surface area contributed by atoms with Crippen LogP contribution >= 0.6 is 0 Å². The van der Waals surface area contributed by atoms with E-state index in [4.69, 9.17) is 5.26 Å². The molecule has 2 fully saturated rings. The fourth-order valence-electron chi connectivity index (χ4n) is 5.54. The number of hydrogen-bond donors (Lipinski definition) is 1. The zero-order valence-electron chi connectivity index (χ0n) is 20.6. The molecule has 2 aromatic rings. The van der Waals surface area contributed by atoms with Crippen LogP contribution in [0.25, 0.3) is 0 Å². The van der Waals surface area contributed by atoms with Gasteiger partial charge in [0, 0.05) is 37.9 Å². The number of likely N-dealkylation sites (tertiary alicyclic amines) is 1.